The van der Waals surface area contributed by atoms with Crippen molar-refractivity contribution in [3.05, 3.63) is 71.3 Å². The Balaban J connectivity index is 2.41. The molecule has 2 N–H and O–H groups in total. The summed E-state index contributed by atoms with van der Waals surface area (Å²) in [7, 11) is 0. The SMILES string of the molecule is N#Cc1ccc(/C(=N\N)c2ccccc2)cc1. The number of nitriles is 1. The van der Waals surface area contributed by atoms with E-state index >= 15 is 0 Å². The third kappa shape index (κ3) is 2.32. The van der Waals surface area contributed by atoms with E-state index in [-0.39, 0.29) is 0 Å². The molecule has 0 aliphatic heterocycles. The van der Waals surface area contributed by atoms with Crippen LogP contribution in [0.15, 0.2) is 59.7 Å². The maximum atomic E-state index is 8.74. The lowest BCUT2D eigenvalue weighted by atomic mass is 10.0. The van der Waals surface area contributed by atoms with E-state index in [0.29, 0.717) is 5.56 Å². The Morgan fingerprint density at radius 3 is 2.06 bits per heavy atom. The van der Waals surface area contributed by atoms with E-state index in [1.54, 1.807) is 12.1 Å². The lowest BCUT2D eigenvalue weighted by Crippen LogP contribution is -2.06. The average Bonchev–Trinajstić information content (AvgIpc) is 2.42. The molecule has 0 heterocycles. The monoisotopic (exact) mass is 221 g/mol. The van der Waals surface area contributed by atoms with E-state index in [9.17, 15) is 0 Å². The quantitative estimate of drug-likeness (QED) is 0.480. The molecule has 82 valence electrons. The van der Waals surface area contributed by atoms with E-state index in [2.05, 4.69) is 11.2 Å². The molecule has 3 heteroatoms. The summed E-state index contributed by atoms with van der Waals surface area (Å²) in [5, 5.41) is 12.6. The molecule has 17 heavy (non-hydrogen) atoms. The molecule has 0 atom stereocenters. The third-order valence-electron chi connectivity index (χ3n) is 2.46. The molecule has 2 aromatic carbocycles. The molecule has 2 aromatic rings. The van der Waals surface area contributed by atoms with Crippen LogP contribution >= 0.6 is 0 Å². The van der Waals surface area contributed by atoms with Crippen LogP contribution in [0, 0.1) is 11.3 Å². The predicted octanol–water partition coefficient (Wildman–Crippen LogP) is 2.27. The summed E-state index contributed by atoms with van der Waals surface area (Å²) < 4.78 is 0. The van der Waals surface area contributed by atoms with Gasteiger partial charge in [0, 0.05) is 11.1 Å². The molecule has 0 aliphatic rings. The highest BCUT2D eigenvalue weighted by molar-refractivity contribution is 6.12. The first-order valence-electron chi connectivity index (χ1n) is 5.19. The Labute approximate surface area is 99.8 Å². The van der Waals surface area contributed by atoms with E-state index in [0.717, 1.165) is 16.8 Å². The van der Waals surface area contributed by atoms with Gasteiger partial charge in [-0.25, -0.2) is 0 Å². The van der Waals surface area contributed by atoms with Gasteiger partial charge in [0.15, 0.2) is 0 Å². The van der Waals surface area contributed by atoms with Crippen molar-refractivity contribution in [1.82, 2.24) is 0 Å². The van der Waals surface area contributed by atoms with Gasteiger partial charge in [-0.2, -0.15) is 10.4 Å². The second-order valence-corrected chi connectivity index (χ2v) is 3.53. The molecule has 0 saturated heterocycles. The van der Waals surface area contributed by atoms with Crippen LogP contribution in [0.5, 0.6) is 0 Å². The van der Waals surface area contributed by atoms with Crippen LogP contribution in [0.3, 0.4) is 0 Å². The Kier molecular flexibility index (Phi) is 3.18. The molecule has 0 saturated carbocycles. The fourth-order valence-corrected chi connectivity index (χ4v) is 1.61. The van der Waals surface area contributed by atoms with Crippen molar-refractivity contribution in [3.63, 3.8) is 0 Å². The van der Waals surface area contributed by atoms with E-state index < -0.39 is 0 Å². The van der Waals surface area contributed by atoms with Crippen LogP contribution in [0.2, 0.25) is 0 Å². The Morgan fingerprint density at radius 1 is 0.941 bits per heavy atom. The number of benzene rings is 2. The lowest BCUT2D eigenvalue weighted by Gasteiger charge is -2.05. The normalized spacial score (nSPS) is 10.9. The van der Waals surface area contributed by atoms with Crippen LogP contribution < -0.4 is 5.84 Å². The number of rotatable bonds is 2. The molecule has 2 rings (SSSR count). The Hall–Kier alpha value is -2.60. The summed E-state index contributed by atoms with van der Waals surface area (Å²) in [5.74, 6) is 5.43. The van der Waals surface area contributed by atoms with Gasteiger partial charge < -0.3 is 5.84 Å². The van der Waals surface area contributed by atoms with Crippen LogP contribution in [-0.4, -0.2) is 5.71 Å². The minimum absolute atomic E-state index is 0.623. The first-order valence-corrected chi connectivity index (χ1v) is 5.19. The van der Waals surface area contributed by atoms with Crippen molar-refractivity contribution < 1.29 is 0 Å². The van der Waals surface area contributed by atoms with Crippen molar-refractivity contribution in [2.24, 2.45) is 10.9 Å². The van der Waals surface area contributed by atoms with Gasteiger partial charge in [-0.15, -0.1) is 0 Å². The van der Waals surface area contributed by atoms with Crippen LogP contribution in [0.25, 0.3) is 0 Å². The number of hydrazone groups is 1. The van der Waals surface area contributed by atoms with E-state index in [1.165, 1.54) is 0 Å². The minimum Gasteiger partial charge on any atom is -0.323 e. The maximum Gasteiger partial charge on any atom is 0.0991 e. The van der Waals surface area contributed by atoms with Gasteiger partial charge in [0.2, 0.25) is 0 Å². The zero-order valence-electron chi connectivity index (χ0n) is 9.17. The van der Waals surface area contributed by atoms with Crippen molar-refractivity contribution in [3.8, 4) is 6.07 Å². The fourth-order valence-electron chi connectivity index (χ4n) is 1.61. The molecule has 0 radical (unpaired) electrons. The smallest absolute Gasteiger partial charge is 0.0991 e. The molecule has 0 amide bonds. The van der Waals surface area contributed by atoms with Gasteiger partial charge in [-0.05, 0) is 12.1 Å². The van der Waals surface area contributed by atoms with Crippen LogP contribution in [0.1, 0.15) is 16.7 Å². The van der Waals surface area contributed by atoms with Crippen LogP contribution in [-0.2, 0) is 0 Å². The maximum absolute atomic E-state index is 8.74. The highest BCUT2D eigenvalue weighted by atomic mass is 15.1. The average molecular weight is 221 g/mol. The van der Waals surface area contributed by atoms with Crippen molar-refractivity contribution >= 4 is 5.71 Å². The second-order valence-electron chi connectivity index (χ2n) is 3.53. The zero-order valence-corrected chi connectivity index (χ0v) is 9.17. The molecule has 0 aliphatic carbocycles. The van der Waals surface area contributed by atoms with Gasteiger partial charge in [0.05, 0.1) is 17.3 Å². The topological polar surface area (TPSA) is 62.2 Å². The van der Waals surface area contributed by atoms with Crippen molar-refractivity contribution in [2.45, 2.75) is 0 Å². The van der Waals surface area contributed by atoms with Gasteiger partial charge in [-0.3, -0.25) is 0 Å². The largest absolute Gasteiger partial charge is 0.323 e. The summed E-state index contributed by atoms with van der Waals surface area (Å²) in [6, 6.07) is 19.0. The summed E-state index contributed by atoms with van der Waals surface area (Å²) >= 11 is 0. The molecule has 0 bridgehead atoms. The zero-order chi connectivity index (χ0) is 12.1. The van der Waals surface area contributed by atoms with Crippen LogP contribution in [0.4, 0.5) is 0 Å². The molecule has 0 aromatic heterocycles. The number of hydrogen-bond donors (Lipinski definition) is 1. The third-order valence-corrected chi connectivity index (χ3v) is 2.46. The molecule has 0 spiro atoms. The number of hydrogen-bond acceptors (Lipinski definition) is 3. The van der Waals surface area contributed by atoms with Crippen molar-refractivity contribution in [1.29, 1.82) is 5.26 Å². The molecular weight excluding hydrogens is 210 g/mol. The first kappa shape index (κ1) is 10.9. The standard InChI is InChI=1S/C14H11N3/c15-10-11-6-8-13(9-7-11)14(17-16)12-4-2-1-3-5-12/h1-9H,16H2/b17-14-. The highest BCUT2D eigenvalue weighted by Gasteiger charge is 2.05. The first-order chi connectivity index (χ1) is 8.35. The van der Waals surface area contributed by atoms with E-state index in [1.807, 2.05) is 42.5 Å². The Bertz CT molecular complexity index is 563. The van der Waals surface area contributed by atoms with E-state index in [4.69, 9.17) is 11.1 Å². The minimum atomic E-state index is 0.623. The number of nitrogens with two attached hydrogens (primary N) is 1. The summed E-state index contributed by atoms with van der Waals surface area (Å²) in [5.41, 5.74) is 3.20. The Morgan fingerprint density at radius 2 is 1.53 bits per heavy atom. The van der Waals surface area contributed by atoms with Gasteiger partial charge >= 0.3 is 0 Å². The van der Waals surface area contributed by atoms with Crippen molar-refractivity contribution in [2.75, 3.05) is 0 Å². The van der Waals surface area contributed by atoms with Gasteiger partial charge in [0.25, 0.3) is 0 Å². The fraction of sp³-hybridized carbons (Fsp3) is 0. The summed E-state index contributed by atoms with van der Waals surface area (Å²) in [6.07, 6.45) is 0. The molecule has 3 nitrogen and oxygen atoms in total. The molecule has 0 unspecified atom stereocenters. The predicted molar refractivity (Wildman–Crippen MR) is 67.4 cm³/mol. The summed E-state index contributed by atoms with van der Waals surface area (Å²) in [4.78, 5) is 0. The van der Waals surface area contributed by atoms with Gasteiger partial charge in [-0.1, -0.05) is 42.5 Å². The molecule has 0 fully saturated rings. The highest BCUT2D eigenvalue weighted by Crippen LogP contribution is 2.11. The second kappa shape index (κ2) is 4.95. The van der Waals surface area contributed by atoms with Gasteiger partial charge in [0.1, 0.15) is 0 Å². The number of nitrogens with zero attached hydrogens (tertiary/aromatic N) is 2. The lowest BCUT2D eigenvalue weighted by molar-refractivity contribution is 1.24. The molecular formula is C14H11N3. The summed E-state index contributed by atoms with van der Waals surface area (Å²) in [6.45, 7) is 0.